The monoisotopic (exact) mass is 367 g/mol. The summed E-state index contributed by atoms with van der Waals surface area (Å²) in [5, 5.41) is 1.80. The Bertz CT molecular complexity index is 916. The van der Waals surface area contributed by atoms with Gasteiger partial charge in [0.05, 0.1) is 17.5 Å². The van der Waals surface area contributed by atoms with Gasteiger partial charge in [-0.25, -0.2) is 9.69 Å². The van der Waals surface area contributed by atoms with Crippen LogP contribution >= 0.6 is 11.3 Å². The minimum Gasteiger partial charge on any atom is -0.422 e. The van der Waals surface area contributed by atoms with Crippen molar-refractivity contribution in [1.82, 2.24) is 0 Å². The number of imide groups is 1. The van der Waals surface area contributed by atoms with Gasteiger partial charge in [0.15, 0.2) is 0 Å². The van der Waals surface area contributed by atoms with Crippen molar-refractivity contribution < 1.29 is 19.1 Å². The van der Waals surface area contributed by atoms with E-state index in [2.05, 4.69) is 0 Å². The third kappa shape index (κ3) is 2.86. The van der Waals surface area contributed by atoms with Crippen molar-refractivity contribution in [1.29, 1.82) is 0 Å². The number of anilines is 1. The molecule has 1 aliphatic heterocycles. The Kier molecular flexibility index (Phi) is 4.20. The predicted molar refractivity (Wildman–Crippen MR) is 98.2 cm³/mol. The van der Waals surface area contributed by atoms with Crippen molar-refractivity contribution in [2.24, 2.45) is 11.8 Å². The summed E-state index contributed by atoms with van der Waals surface area (Å²) in [7, 11) is 0. The first-order valence-electron chi connectivity index (χ1n) is 8.44. The van der Waals surface area contributed by atoms with Gasteiger partial charge in [0.1, 0.15) is 10.6 Å². The number of benzene rings is 1. The molecule has 5 nitrogen and oxygen atoms in total. The lowest BCUT2D eigenvalue weighted by molar-refractivity contribution is -0.122. The summed E-state index contributed by atoms with van der Waals surface area (Å²) in [6.07, 6.45) is 3.26. The Balaban J connectivity index is 1.58. The third-order valence-corrected chi connectivity index (χ3v) is 5.68. The highest BCUT2D eigenvalue weighted by molar-refractivity contribution is 7.12. The molecule has 132 valence electrons. The van der Waals surface area contributed by atoms with E-state index in [9.17, 15) is 14.4 Å². The van der Waals surface area contributed by atoms with Crippen LogP contribution in [0.5, 0.6) is 5.75 Å². The Labute approximate surface area is 154 Å². The number of amides is 2. The number of carbonyl (C=O) groups excluding carboxylic acids is 3. The second-order valence-electron chi connectivity index (χ2n) is 6.58. The van der Waals surface area contributed by atoms with Gasteiger partial charge in [0.25, 0.3) is 0 Å². The summed E-state index contributed by atoms with van der Waals surface area (Å²) in [5.74, 6) is -1.07. The number of allylic oxidation sites excluding steroid dienone is 2. The molecule has 0 saturated carbocycles. The summed E-state index contributed by atoms with van der Waals surface area (Å²) in [6, 6.07) is 10.0. The van der Waals surface area contributed by atoms with E-state index in [1.807, 2.05) is 13.0 Å². The fraction of sp³-hybridized carbons (Fsp3) is 0.250. The summed E-state index contributed by atoms with van der Waals surface area (Å²) in [4.78, 5) is 39.4. The smallest absolute Gasteiger partial charge is 0.353 e. The molecule has 0 bridgehead atoms. The normalized spacial score (nSPS) is 22.2. The van der Waals surface area contributed by atoms with Crippen LogP contribution in [0.1, 0.15) is 29.4 Å². The van der Waals surface area contributed by atoms with E-state index in [1.54, 1.807) is 41.8 Å². The zero-order valence-electron chi connectivity index (χ0n) is 14.2. The van der Waals surface area contributed by atoms with Gasteiger partial charge in [-0.3, -0.25) is 9.59 Å². The van der Waals surface area contributed by atoms with Crippen LogP contribution in [-0.4, -0.2) is 17.8 Å². The van der Waals surface area contributed by atoms with Crippen molar-refractivity contribution in [3.63, 3.8) is 0 Å². The molecule has 2 aliphatic rings. The SMILES string of the molecule is CC1=CCC2C(=O)N(c3cccc(OC(=O)c4cccs4)c3)C(=O)C2C1. The average molecular weight is 367 g/mol. The molecule has 2 amide bonds. The molecular formula is C20H17NO4S. The molecule has 4 rings (SSSR count). The number of hydrogen-bond acceptors (Lipinski definition) is 5. The van der Waals surface area contributed by atoms with Gasteiger partial charge in [-0.2, -0.15) is 0 Å². The van der Waals surface area contributed by atoms with Gasteiger partial charge in [0.2, 0.25) is 11.8 Å². The molecule has 1 aliphatic carbocycles. The van der Waals surface area contributed by atoms with E-state index in [4.69, 9.17) is 4.74 Å². The number of hydrogen-bond donors (Lipinski definition) is 0. The molecule has 0 radical (unpaired) electrons. The zero-order chi connectivity index (χ0) is 18.3. The third-order valence-electron chi connectivity index (χ3n) is 4.83. The maximum Gasteiger partial charge on any atom is 0.353 e. The van der Waals surface area contributed by atoms with Gasteiger partial charge in [-0.05, 0) is 43.3 Å². The molecule has 1 saturated heterocycles. The highest BCUT2D eigenvalue weighted by Crippen LogP contribution is 2.40. The molecule has 0 spiro atoms. The van der Waals surface area contributed by atoms with E-state index < -0.39 is 5.97 Å². The Morgan fingerprint density at radius 3 is 2.73 bits per heavy atom. The molecule has 1 aromatic heterocycles. The van der Waals surface area contributed by atoms with E-state index in [0.717, 1.165) is 5.57 Å². The van der Waals surface area contributed by atoms with Crippen molar-refractivity contribution in [2.75, 3.05) is 4.90 Å². The van der Waals surface area contributed by atoms with Gasteiger partial charge in [-0.15, -0.1) is 11.3 Å². The average Bonchev–Trinajstić information content (AvgIpc) is 3.23. The first kappa shape index (κ1) is 16.7. The highest BCUT2D eigenvalue weighted by atomic mass is 32.1. The van der Waals surface area contributed by atoms with E-state index in [-0.39, 0.29) is 23.7 Å². The van der Waals surface area contributed by atoms with Crippen LogP contribution in [0.2, 0.25) is 0 Å². The Hall–Kier alpha value is -2.73. The standard InChI is InChI=1S/C20H17NO4S/c1-12-7-8-15-16(10-12)19(23)21(18(15)22)13-4-2-5-14(11-13)25-20(24)17-6-3-9-26-17/h2-7,9,11,15-16H,8,10H2,1H3. The lowest BCUT2D eigenvalue weighted by Crippen LogP contribution is -2.30. The maximum atomic E-state index is 12.8. The predicted octanol–water partition coefficient (Wildman–Crippen LogP) is 3.81. The fourth-order valence-electron chi connectivity index (χ4n) is 3.53. The summed E-state index contributed by atoms with van der Waals surface area (Å²) in [5.41, 5.74) is 1.59. The van der Waals surface area contributed by atoms with Gasteiger partial charge < -0.3 is 4.74 Å². The molecule has 1 fully saturated rings. The first-order valence-corrected chi connectivity index (χ1v) is 9.32. The number of rotatable bonds is 3. The van der Waals surface area contributed by atoms with Crippen LogP contribution in [0.3, 0.4) is 0 Å². The lowest BCUT2D eigenvalue weighted by atomic mass is 9.82. The fourth-order valence-corrected chi connectivity index (χ4v) is 4.13. The summed E-state index contributed by atoms with van der Waals surface area (Å²) >= 11 is 1.30. The molecule has 6 heteroatoms. The molecule has 1 aromatic carbocycles. The van der Waals surface area contributed by atoms with Crippen molar-refractivity contribution >= 4 is 34.8 Å². The van der Waals surface area contributed by atoms with E-state index in [0.29, 0.717) is 29.2 Å². The summed E-state index contributed by atoms with van der Waals surface area (Å²) in [6.45, 7) is 1.99. The van der Waals surface area contributed by atoms with Crippen molar-refractivity contribution in [3.8, 4) is 5.75 Å². The molecule has 2 unspecified atom stereocenters. The molecule has 2 atom stereocenters. The Morgan fingerprint density at radius 1 is 1.15 bits per heavy atom. The van der Waals surface area contributed by atoms with Gasteiger partial charge >= 0.3 is 5.97 Å². The number of nitrogens with zero attached hydrogens (tertiary/aromatic N) is 1. The number of fused-ring (bicyclic) bond motifs is 1. The van der Waals surface area contributed by atoms with E-state index in [1.165, 1.54) is 16.2 Å². The lowest BCUT2D eigenvalue weighted by Gasteiger charge is -2.18. The zero-order valence-corrected chi connectivity index (χ0v) is 15.0. The number of ether oxygens (including phenoxy) is 1. The highest BCUT2D eigenvalue weighted by Gasteiger charge is 2.48. The summed E-state index contributed by atoms with van der Waals surface area (Å²) < 4.78 is 5.38. The maximum absolute atomic E-state index is 12.8. The topological polar surface area (TPSA) is 63.7 Å². The number of carbonyl (C=O) groups is 3. The molecular weight excluding hydrogens is 350 g/mol. The minimum atomic E-state index is -0.454. The molecule has 2 aromatic rings. The van der Waals surface area contributed by atoms with Crippen LogP contribution in [0.4, 0.5) is 5.69 Å². The van der Waals surface area contributed by atoms with Crippen LogP contribution in [0.15, 0.2) is 53.4 Å². The minimum absolute atomic E-state index is 0.172. The molecule has 0 N–H and O–H groups in total. The van der Waals surface area contributed by atoms with Crippen LogP contribution in [0.25, 0.3) is 0 Å². The van der Waals surface area contributed by atoms with Gasteiger partial charge in [0, 0.05) is 6.07 Å². The quantitative estimate of drug-likeness (QED) is 0.358. The molecule has 2 heterocycles. The number of esters is 1. The van der Waals surface area contributed by atoms with Crippen LogP contribution < -0.4 is 9.64 Å². The molecule has 26 heavy (non-hydrogen) atoms. The van der Waals surface area contributed by atoms with Crippen molar-refractivity contribution in [2.45, 2.75) is 19.8 Å². The number of thiophene rings is 1. The van der Waals surface area contributed by atoms with E-state index >= 15 is 0 Å². The van der Waals surface area contributed by atoms with Crippen molar-refractivity contribution in [3.05, 3.63) is 58.3 Å². The second-order valence-corrected chi connectivity index (χ2v) is 7.53. The van der Waals surface area contributed by atoms with Crippen LogP contribution in [-0.2, 0) is 9.59 Å². The van der Waals surface area contributed by atoms with Gasteiger partial charge in [-0.1, -0.05) is 23.8 Å². The van der Waals surface area contributed by atoms with Crippen LogP contribution in [0, 0.1) is 11.8 Å². The second kappa shape index (κ2) is 6.53. The Morgan fingerprint density at radius 2 is 1.96 bits per heavy atom. The first-order chi connectivity index (χ1) is 12.5. The largest absolute Gasteiger partial charge is 0.422 e.